The Labute approximate surface area is 80.5 Å². The maximum atomic E-state index is 11.5. The molecule has 0 spiro atoms. The lowest BCUT2D eigenvalue weighted by atomic mass is 10.0. The summed E-state index contributed by atoms with van der Waals surface area (Å²) in [4.78, 5) is 19.6. The zero-order valence-electron chi connectivity index (χ0n) is 7.27. The van der Waals surface area contributed by atoms with Gasteiger partial charge in [0.05, 0.1) is 11.9 Å². The van der Waals surface area contributed by atoms with Crippen LogP contribution in [0.15, 0.2) is 35.1 Å². The molecule has 0 atom stereocenters. The highest BCUT2D eigenvalue weighted by molar-refractivity contribution is 6.43. The number of hydrogen-bond donors (Lipinski definition) is 0. The molecule has 0 amide bonds. The Morgan fingerprint density at radius 3 is 3.07 bits per heavy atom. The molecule has 0 unspecified atom stereocenters. The summed E-state index contributed by atoms with van der Waals surface area (Å²) in [6.45, 7) is 0. The van der Waals surface area contributed by atoms with Crippen molar-refractivity contribution in [2.75, 3.05) is 0 Å². The topological polar surface area (TPSA) is 42.3 Å². The summed E-state index contributed by atoms with van der Waals surface area (Å²) in [5, 5.41) is 0. The molecular formula is C11H6N2O. The van der Waals surface area contributed by atoms with Gasteiger partial charge in [0.25, 0.3) is 0 Å². The molecule has 0 N–H and O–H groups in total. The molecule has 3 nitrogen and oxygen atoms in total. The van der Waals surface area contributed by atoms with Gasteiger partial charge >= 0.3 is 0 Å². The van der Waals surface area contributed by atoms with Crippen molar-refractivity contribution >= 4 is 23.6 Å². The predicted molar refractivity (Wildman–Crippen MR) is 53.7 cm³/mol. The molecule has 0 bridgehead atoms. The Morgan fingerprint density at radius 2 is 2.14 bits per heavy atom. The van der Waals surface area contributed by atoms with Crippen LogP contribution in [0.3, 0.4) is 0 Å². The molecule has 66 valence electrons. The second-order valence-electron chi connectivity index (χ2n) is 3.18. The van der Waals surface area contributed by atoms with E-state index in [1.165, 1.54) is 6.21 Å². The van der Waals surface area contributed by atoms with Crippen molar-refractivity contribution in [3.63, 3.8) is 0 Å². The highest BCUT2D eigenvalue weighted by atomic mass is 16.1. The fourth-order valence-electron chi connectivity index (χ4n) is 1.70. The molecule has 0 radical (unpaired) electrons. The van der Waals surface area contributed by atoms with Gasteiger partial charge in [-0.3, -0.25) is 14.8 Å². The summed E-state index contributed by atoms with van der Waals surface area (Å²) in [6, 6.07) is 3.81. The van der Waals surface area contributed by atoms with Gasteiger partial charge in [-0.15, -0.1) is 0 Å². The van der Waals surface area contributed by atoms with Crippen molar-refractivity contribution in [2.45, 2.75) is 0 Å². The first-order chi connectivity index (χ1) is 6.86. The van der Waals surface area contributed by atoms with Crippen molar-refractivity contribution in [3.8, 4) is 0 Å². The number of fused-ring (bicyclic) bond motifs is 3. The van der Waals surface area contributed by atoms with E-state index in [9.17, 15) is 4.79 Å². The van der Waals surface area contributed by atoms with E-state index in [1.54, 1.807) is 12.4 Å². The Hall–Kier alpha value is -2.03. The minimum absolute atomic E-state index is 0.0412. The number of hydrogen-bond acceptors (Lipinski definition) is 3. The van der Waals surface area contributed by atoms with Crippen LogP contribution in [0, 0.1) is 0 Å². The standard InChI is InChI=1S/C11H6N2O/c14-10-6-12-5-9-8(10)4-7-2-1-3-13-11(7)9/h1-6H. The Balaban J connectivity index is 2.29. The highest BCUT2D eigenvalue weighted by Gasteiger charge is 2.25. The van der Waals surface area contributed by atoms with Gasteiger partial charge in [0, 0.05) is 29.1 Å². The molecule has 2 aliphatic rings. The van der Waals surface area contributed by atoms with E-state index >= 15 is 0 Å². The minimum Gasteiger partial charge on any atom is -0.288 e. The molecule has 1 aliphatic carbocycles. The van der Waals surface area contributed by atoms with E-state index in [0.29, 0.717) is 5.57 Å². The number of pyridine rings is 1. The number of rotatable bonds is 0. The van der Waals surface area contributed by atoms with E-state index in [2.05, 4.69) is 9.98 Å². The second kappa shape index (κ2) is 2.48. The van der Waals surface area contributed by atoms with Crippen LogP contribution < -0.4 is 0 Å². The molecule has 2 heterocycles. The third kappa shape index (κ3) is 0.836. The number of allylic oxidation sites excluding steroid dienone is 2. The average Bonchev–Trinajstić information content (AvgIpc) is 2.59. The van der Waals surface area contributed by atoms with Crippen molar-refractivity contribution in [2.24, 2.45) is 4.99 Å². The first-order valence-corrected chi connectivity index (χ1v) is 4.31. The summed E-state index contributed by atoms with van der Waals surface area (Å²) in [5.41, 5.74) is 3.39. The van der Waals surface area contributed by atoms with E-state index in [1.807, 2.05) is 18.2 Å². The largest absolute Gasteiger partial charge is 0.288 e. The number of carbonyl (C=O) groups excluding carboxylic acids is 1. The molecule has 0 fully saturated rings. The quantitative estimate of drug-likeness (QED) is 0.609. The van der Waals surface area contributed by atoms with E-state index in [-0.39, 0.29) is 5.78 Å². The van der Waals surface area contributed by atoms with E-state index < -0.39 is 0 Å². The Kier molecular flexibility index (Phi) is 1.31. The lowest BCUT2D eigenvalue weighted by molar-refractivity contribution is -0.109. The number of Topliss-reactive ketones (excluding diaryl/α,β-unsaturated/α-hetero) is 1. The minimum atomic E-state index is -0.0412. The van der Waals surface area contributed by atoms with Crippen LogP contribution in [0.2, 0.25) is 0 Å². The number of carbonyl (C=O) groups is 1. The van der Waals surface area contributed by atoms with Gasteiger partial charge in [-0.1, -0.05) is 6.07 Å². The molecule has 1 aromatic heterocycles. The van der Waals surface area contributed by atoms with Gasteiger partial charge < -0.3 is 0 Å². The van der Waals surface area contributed by atoms with E-state index in [4.69, 9.17) is 0 Å². The smallest absolute Gasteiger partial charge is 0.204 e. The summed E-state index contributed by atoms with van der Waals surface area (Å²) >= 11 is 0. The van der Waals surface area contributed by atoms with Crippen LogP contribution >= 0.6 is 0 Å². The van der Waals surface area contributed by atoms with Crippen LogP contribution in [0.25, 0.3) is 11.6 Å². The van der Waals surface area contributed by atoms with Crippen molar-refractivity contribution in [1.82, 2.24) is 4.98 Å². The van der Waals surface area contributed by atoms with Crippen molar-refractivity contribution in [3.05, 3.63) is 41.4 Å². The zero-order valence-corrected chi connectivity index (χ0v) is 7.27. The van der Waals surface area contributed by atoms with Crippen LogP contribution in [0.5, 0.6) is 0 Å². The summed E-state index contributed by atoms with van der Waals surface area (Å²) in [5.74, 6) is -0.0412. The van der Waals surface area contributed by atoms with Crippen LogP contribution in [0.4, 0.5) is 0 Å². The molecule has 3 rings (SSSR count). The average molecular weight is 182 g/mol. The first-order valence-electron chi connectivity index (χ1n) is 4.31. The maximum absolute atomic E-state index is 11.5. The monoisotopic (exact) mass is 182 g/mol. The fraction of sp³-hybridized carbons (Fsp3) is 0. The number of ketones is 1. The molecule has 1 aliphatic heterocycles. The normalized spacial score (nSPS) is 17.3. The molecule has 0 saturated heterocycles. The van der Waals surface area contributed by atoms with Gasteiger partial charge in [-0.25, -0.2) is 0 Å². The fourth-order valence-corrected chi connectivity index (χ4v) is 1.70. The zero-order chi connectivity index (χ0) is 9.54. The molecule has 0 aromatic carbocycles. The summed E-state index contributed by atoms with van der Waals surface area (Å²) in [6.07, 6.45) is 6.61. The molecule has 0 saturated carbocycles. The van der Waals surface area contributed by atoms with Gasteiger partial charge in [-0.2, -0.15) is 0 Å². The van der Waals surface area contributed by atoms with Crippen LogP contribution in [-0.2, 0) is 4.79 Å². The lowest BCUT2D eigenvalue weighted by Gasteiger charge is -2.04. The number of aliphatic imine (C=N–C) groups is 1. The van der Waals surface area contributed by atoms with E-state index in [0.717, 1.165) is 16.8 Å². The maximum Gasteiger partial charge on any atom is 0.204 e. The Bertz CT molecular complexity index is 524. The van der Waals surface area contributed by atoms with Crippen molar-refractivity contribution in [1.29, 1.82) is 0 Å². The van der Waals surface area contributed by atoms with Crippen LogP contribution in [-0.4, -0.2) is 17.0 Å². The second-order valence-corrected chi connectivity index (χ2v) is 3.18. The lowest BCUT2D eigenvalue weighted by Crippen LogP contribution is -2.06. The number of aromatic nitrogens is 1. The molecular weight excluding hydrogens is 176 g/mol. The third-order valence-corrected chi connectivity index (χ3v) is 2.34. The summed E-state index contributed by atoms with van der Waals surface area (Å²) in [7, 11) is 0. The Morgan fingerprint density at radius 1 is 1.21 bits per heavy atom. The molecule has 1 aromatic rings. The highest BCUT2D eigenvalue weighted by Crippen LogP contribution is 2.35. The van der Waals surface area contributed by atoms with Gasteiger partial charge in [0.15, 0.2) is 0 Å². The summed E-state index contributed by atoms with van der Waals surface area (Å²) < 4.78 is 0. The van der Waals surface area contributed by atoms with Crippen molar-refractivity contribution < 1.29 is 4.79 Å². The van der Waals surface area contributed by atoms with Gasteiger partial charge in [0.2, 0.25) is 5.78 Å². The third-order valence-electron chi connectivity index (χ3n) is 2.34. The van der Waals surface area contributed by atoms with Gasteiger partial charge in [0.1, 0.15) is 0 Å². The van der Waals surface area contributed by atoms with Gasteiger partial charge in [-0.05, 0) is 12.1 Å². The number of nitrogens with zero attached hydrogens (tertiary/aromatic N) is 2. The SMILES string of the molecule is O=C1C=NC=C2C1=Cc1cccnc12. The first kappa shape index (κ1) is 7.38. The predicted octanol–water partition coefficient (Wildman–Crippen LogP) is 1.47. The molecule has 14 heavy (non-hydrogen) atoms. The van der Waals surface area contributed by atoms with Crippen LogP contribution in [0.1, 0.15) is 11.3 Å². The molecule has 3 heteroatoms.